The quantitative estimate of drug-likeness (QED) is 0.492. The Kier molecular flexibility index (Phi) is 6.80. The molecule has 3 heterocycles. The molecule has 2 N–H and O–H groups in total. The minimum absolute atomic E-state index is 0.120. The van der Waals surface area contributed by atoms with Crippen LogP contribution >= 0.6 is 11.6 Å². The fraction of sp³-hybridized carbons (Fsp3) is 0.458. The predicted octanol–water partition coefficient (Wildman–Crippen LogP) is 3.88. The van der Waals surface area contributed by atoms with E-state index in [1.807, 2.05) is 25.7 Å². The van der Waals surface area contributed by atoms with E-state index in [1.165, 1.54) is 0 Å². The van der Waals surface area contributed by atoms with E-state index in [9.17, 15) is 9.50 Å². The summed E-state index contributed by atoms with van der Waals surface area (Å²) in [5.74, 6) is 2.19. The van der Waals surface area contributed by atoms with Crippen molar-refractivity contribution in [3.05, 3.63) is 40.2 Å². The molecule has 8 nitrogen and oxygen atoms in total. The molecule has 0 saturated carbocycles. The minimum atomic E-state index is -1.26. The molecule has 2 aromatic heterocycles. The van der Waals surface area contributed by atoms with E-state index in [0.717, 1.165) is 11.1 Å². The van der Waals surface area contributed by atoms with Gasteiger partial charge in [0.15, 0.2) is 5.82 Å². The lowest BCUT2D eigenvalue weighted by atomic mass is 9.97. The number of hydrogen-bond acceptors (Lipinski definition) is 8. The molecule has 0 spiro atoms. The summed E-state index contributed by atoms with van der Waals surface area (Å²) in [4.78, 5) is 11.5. The van der Waals surface area contributed by atoms with E-state index in [2.05, 4.69) is 10.5 Å². The third kappa shape index (κ3) is 4.87. The van der Waals surface area contributed by atoms with Crippen molar-refractivity contribution in [2.24, 2.45) is 0 Å². The zero-order valence-corrected chi connectivity index (χ0v) is 20.7. The Bertz CT molecular complexity index is 1170. The molecule has 0 radical (unpaired) electrons. The molecule has 1 saturated heterocycles. The van der Waals surface area contributed by atoms with Crippen molar-refractivity contribution in [3.63, 3.8) is 0 Å². The van der Waals surface area contributed by atoms with Gasteiger partial charge in [-0.2, -0.15) is 0 Å². The number of alkyl halides is 1. The molecule has 1 fully saturated rings. The molecule has 0 aliphatic carbocycles. The number of aromatic nitrogens is 3. The number of ether oxygens (including phenoxy) is 1. The van der Waals surface area contributed by atoms with Gasteiger partial charge in [0.2, 0.25) is 0 Å². The van der Waals surface area contributed by atoms with Gasteiger partial charge in [0.25, 0.3) is 0 Å². The van der Waals surface area contributed by atoms with Crippen LogP contribution < -0.4 is 15.0 Å². The number of aliphatic hydroxyl groups is 1. The van der Waals surface area contributed by atoms with Crippen molar-refractivity contribution in [3.8, 4) is 28.4 Å². The van der Waals surface area contributed by atoms with Crippen LogP contribution in [0.4, 0.5) is 10.2 Å². The Balaban J connectivity index is 1.79. The standard InChI is InChI=1S/C24H29ClFN5O3/c1-13-21(20-14(2)30-34-15(20)3)28-22(29-23(13)31-11-24(4,26)12-31)18-8-17(6-7-19(18)25)33-10-16(32)9-27-5/h6-8,16,27,32H,9-12H2,1-5H3/t16-/m1/s1. The van der Waals surface area contributed by atoms with E-state index in [1.54, 1.807) is 32.2 Å². The van der Waals surface area contributed by atoms with Gasteiger partial charge in [-0.15, -0.1) is 0 Å². The maximum absolute atomic E-state index is 14.3. The van der Waals surface area contributed by atoms with Gasteiger partial charge in [-0.1, -0.05) is 16.8 Å². The molecule has 4 rings (SSSR count). The van der Waals surface area contributed by atoms with E-state index in [4.69, 9.17) is 30.8 Å². The Morgan fingerprint density at radius 1 is 1.29 bits per heavy atom. The topological polar surface area (TPSA) is 96.5 Å². The summed E-state index contributed by atoms with van der Waals surface area (Å²) in [5, 5.41) is 17.4. The number of aryl methyl sites for hydroxylation is 2. The van der Waals surface area contributed by atoms with Crippen LogP contribution in [0.25, 0.3) is 22.6 Å². The second kappa shape index (κ2) is 9.48. The van der Waals surface area contributed by atoms with Crippen molar-refractivity contribution in [1.29, 1.82) is 0 Å². The molecule has 34 heavy (non-hydrogen) atoms. The van der Waals surface area contributed by atoms with Crippen LogP contribution in [0.2, 0.25) is 5.02 Å². The molecule has 1 atom stereocenters. The molecule has 1 aliphatic heterocycles. The summed E-state index contributed by atoms with van der Waals surface area (Å²) < 4.78 is 25.5. The van der Waals surface area contributed by atoms with Crippen LogP contribution in [0.1, 0.15) is 23.9 Å². The fourth-order valence-electron chi connectivity index (χ4n) is 4.15. The molecular weight excluding hydrogens is 461 g/mol. The highest BCUT2D eigenvalue weighted by molar-refractivity contribution is 6.33. The molecule has 3 aromatic rings. The third-order valence-electron chi connectivity index (χ3n) is 5.79. The summed E-state index contributed by atoms with van der Waals surface area (Å²) in [7, 11) is 1.76. The Labute approximate surface area is 203 Å². The van der Waals surface area contributed by atoms with Crippen LogP contribution in [0.15, 0.2) is 22.7 Å². The number of halogens is 2. The third-order valence-corrected chi connectivity index (χ3v) is 6.12. The second-order valence-electron chi connectivity index (χ2n) is 8.98. The first-order valence-corrected chi connectivity index (χ1v) is 11.5. The number of anilines is 1. The monoisotopic (exact) mass is 489 g/mol. The van der Waals surface area contributed by atoms with Crippen molar-refractivity contribution >= 4 is 17.4 Å². The lowest BCUT2D eigenvalue weighted by molar-refractivity contribution is 0.108. The second-order valence-corrected chi connectivity index (χ2v) is 9.38. The van der Waals surface area contributed by atoms with Crippen LogP contribution in [0, 0.1) is 20.8 Å². The molecule has 0 amide bonds. The zero-order valence-electron chi connectivity index (χ0n) is 19.9. The van der Waals surface area contributed by atoms with E-state index in [0.29, 0.717) is 51.7 Å². The predicted molar refractivity (Wildman–Crippen MR) is 129 cm³/mol. The van der Waals surface area contributed by atoms with Crippen molar-refractivity contribution in [2.45, 2.75) is 39.5 Å². The maximum Gasteiger partial charge on any atom is 0.163 e. The summed E-state index contributed by atoms with van der Waals surface area (Å²) in [5.41, 5.74) is 2.27. The molecule has 0 bridgehead atoms. The number of hydrogen-bond donors (Lipinski definition) is 2. The van der Waals surface area contributed by atoms with Gasteiger partial charge in [-0.25, -0.2) is 14.4 Å². The minimum Gasteiger partial charge on any atom is -0.491 e. The van der Waals surface area contributed by atoms with Gasteiger partial charge in [0, 0.05) is 17.7 Å². The largest absolute Gasteiger partial charge is 0.491 e. The summed E-state index contributed by atoms with van der Waals surface area (Å²) in [6, 6.07) is 5.18. The lowest BCUT2D eigenvalue weighted by Crippen LogP contribution is -2.57. The zero-order chi connectivity index (χ0) is 24.6. The van der Waals surface area contributed by atoms with Gasteiger partial charge >= 0.3 is 0 Å². The van der Waals surface area contributed by atoms with Gasteiger partial charge < -0.3 is 24.6 Å². The number of aliphatic hydroxyl groups excluding tert-OH is 1. The highest BCUT2D eigenvalue weighted by atomic mass is 35.5. The Morgan fingerprint density at radius 3 is 2.65 bits per heavy atom. The molecule has 10 heteroatoms. The van der Waals surface area contributed by atoms with E-state index in [-0.39, 0.29) is 19.7 Å². The summed E-state index contributed by atoms with van der Waals surface area (Å²) >= 11 is 6.55. The molecule has 1 aliphatic rings. The first kappa shape index (κ1) is 24.4. The normalized spacial score (nSPS) is 15.8. The highest BCUT2D eigenvalue weighted by Gasteiger charge is 2.41. The molecule has 0 unspecified atom stereocenters. The van der Waals surface area contributed by atoms with Gasteiger partial charge in [0.05, 0.1) is 35.1 Å². The van der Waals surface area contributed by atoms with E-state index >= 15 is 0 Å². The Morgan fingerprint density at radius 2 is 2.03 bits per heavy atom. The highest BCUT2D eigenvalue weighted by Crippen LogP contribution is 2.39. The van der Waals surface area contributed by atoms with Crippen molar-refractivity contribution in [2.75, 3.05) is 38.2 Å². The molecular formula is C24H29ClFN5O3. The van der Waals surface area contributed by atoms with Gasteiger partial charge in [0.1, 0.15) is 35.7 Å². The number of benzene rings is 1. The van der Waals surface area contributed by atoms with E-state index < -0.39 is 11.8 Å². The fourth-order valence-corrected chi connectivity index (χ4v) is 4.35. The van der Waals surface area contributed by atoms with Crippen LogP contribution in [-0.2, 0) is 0 Å². The number of nitrogens with zero attached hydrogens (tertiary/aromatic N) is 4. The van der Waals surface area contributed by atoms with Crippen LogP contribution in [0.3, 0.4) is 0 Å². The average molecular weight is 490 g/mol. The number of nitrogens with one attached hydrogen (secondary N) is 1. The molecule has 182 valence electrons. The van der Waals surface area contributed by atoms with Crippen LogP contribution in [0.5, 0.6) is 5.75 Å². The average Bonchev–Trinajstić information content (AvgIpc) is 3.10. The van der Waals surface area contributed by atoms with Gasteiger partial charge in [-0.3, -0.25) is 0 Å². The van der Waals surface area contributed by atoms with Crippen LogP contribution in [-0.4, -0.2) is 65.3 Å². The lowest BCUT2D eigenvalue weighted by Gasteiger charge is -2.43. The van der Waals surface area contributed by atoms with Crippen molar-refractivity contribution < 1.29 is 18.8 Å². The molecule has 1 aromatic carbocycles. The van der Waals surface area contributed by atoms with Crippen molar-refractivity contribution in [1.82, 2.24) is 20.4 Å². The Hall–Kier alpha value is -2.75. The first-order chi connectivity index (χ1) is 16.1. The number of rotatable bonds is 8. The number of likely N-dealkylation sites (N-methyl/N-ethyl adjacent to an activating group) is 1. The summed E-state index contributed by atoms with van der Waals surface area (Å²) in [6.07, 6.45) is -0.654. The first-order valence-electron chi connectivity index (χ1n) is 11.1. The smallest absolute Gasteiger partial charge is 0.163 e. The summed E-state index contributed by atoms with van der Waals surface area (Å²) in [6.45, 7) is 8.19. The van der Waals surface area contributed by atoms with Gasteiger partial charge in [-0.05, 0) is 52.9 Å². The SMILES string of the molecule is CNC[C@@H](O)COc1ccc(Cl)c(-c2nc(-c3c(C)noc3C)c(C)c(N3CC(C)(F)C3)n2)c1. The maximum atomic E-state index is 14.3.